The zero-order valence-electron chi connectivity index (χ0n) is 13.1. The van der Waals surface area contributed by atoms with Gasteiger partial charge in [-0.25, -0.2) is 0 Å². The minimum Gasteiger partial charge on any atom is -0.460 e. The second-order valence-corrected chi connectivity index (χ2v) is 7.04. The lowest BCUT2D eigenvalue weighted by Gasteiger charge is -1.96. The van der Waals surface area contributed by atoms with E-state index in [4.69, 9.17) is 4.42 Å². The van der Waals surface area contributed by atoms with Gasteiger partial charge >= 0.3 is 5.82 Å². The molecule has 3 aromatic rings. The first-order valence-corrected chi connectivity index (χ1v) is 8.95. The van der Waals surface area contributed by atoms with Gasteiger partial charge in [0.2, 0.25) is 0 Å². The number of benzene rings is 1. The van der Waals surface area contributed by atoms with Gasteiger partial charge in [-0.05, 0) is 57.3 Å². The summed E-state index contributed by atoms with van der Waals surface area (Å²) in [6.45, 7) is 0.236. The average Bonchev–Trinajstić information content (AvgIpc) is 3.19. The lowest BCUT2D eigenvalue weighted by Crippen LogP contribution is -2.00. The predicted octanol–water partition coefficient (Wildman–Crippen LogP) is 4.85. The van der Waals surface area contributed by atoms with Crippen molar-refractivity contribution in [3.05, 3.63) is 84.8 Å². The fraction of sp³-hybridized carbons (Fsp3) is 0.0588. The quantitative estimate of drug-likeness (QED) is 0.217. The Morgan fingerprint density at radius 3 is 2.81 bits per heavy atom. The van der Waals surface area contributed by atoms with Gasteiger partial charge in [-0.2, -0.15) is 4.68 Å². The van der Waals surface area contributed by atoms with Crippen LogP contribution in [0.1, 0.15) is 21.9 Å². The maximum absolute atomic E-state index is 12.1. The zero-order chi connectivity index (χ0) is 18.7. The van der Waals surface area contributed by atoms with Crippen LogP contribution in [0.4, 0.5) is 5.82 Å². The highest BCUT2D eigenvalue weighted by Crippen LogP contribution is 2.23. The molecular weight excluding hydrogens is 470 g/mol. The van der Waals surface area contributed by atoms with Crippen molar-refractivity contribution in [2.75, 3.05) is 0 Å². The fourth-order valence-electron chi connectivity index (χ4n) is 2.22. The predicted molar refractivity (Wildman–Crippen MR) is 102 cm³/mol. The molecule has 7 nitrogen and oxygen atoms in total. The van der Waals surface area contributed by atoms with Crippen LogP contribution in [0.15, 0.2) is 62.0 Å². The zero-order valence-corrected chi connectivity index (χ0v) is 16.3. The van der Waals surface area contributed by atoms with Crippen molar-refractivity contribution in [1.29, 1.82) is 0 Å². The number of rotatable bonds is 6. The fourth-order valence-corrected chi connectivity index (χ4v) is 3.08. The molecule has 1 aromatic carbocycles. The van der Waals surface area contributed by atoms with E-state index in [-0.39, 0.29) is 18.1 Å². The number of halogens is 2. The highest BCUT2D eigenvalue weighted by atomic mass is 79.9. The normalized spacial score (nSPS) is 11.2. The van der Waals surface area contributed by atoms with Crippen molar-refractivity contribution in [1.82, 2.24) is 9.78 Å². The number of ketones is 1. The molecule has 132 valence electrons. The highest BCUT2D eigenvalue weighted by Gasteiger charge is 2.19. The minimum atomic E-state index is -0.565. The molecule has 0 bridgehead atoms. The number of nitro groups is 1. The van der Waals surface area contributed by atoms with Crippen LogP contribution in [-0.2, 0) is 6.54 Å². The summed E-state index contributed by atoms with van der Waals surface area (Å²) in [5.74, 6) is 0.667. The molecule has 0 aliphatic heterocycles. The molecule has 2 aromatic heterocycles. The molecule has 0 aliphatic carbocycles. The largest absolute Gasteiger partial charge is 0.460 e. The van der Waals surface area contributed by atoms with Gasteiger partial charge in [-0.15, -0.1) is 0 Å². The number of hydrogen-bond donors (Lipinski definition) is 0. The molecule has 0 fully saturated rings. The molecule has 0 spiro atoms. The second kappa shape index (κ2) is 7.79. The number of hydrogen-bond acceptors (Lipinski definition) is 5. The Hall–Kier alpha value is -2.52. The van der Waals surface area contributed by atoms with Crippen LogP contribution in [-0.4, -0.2) is 20.5 Å². The van der Waals surface area contributed by atoms with Gasteiger partial charge in [0.1, 0.15) is 22.5 Å². The van der Waals surface area contributed by atoms with Gasteiger partial charge < -0.3 is 14.5 Å². The molecule has 2 heterocycles. The Morgan fingerprint density at radius 1 is 1.31 bits per heavy atom. The summed E-state index contributed by atoms with van der Waals surface area (Å²) < 4.78 is 8.15. The van der Waals surface area contributed by atoms with Crippen LogP contribution < -0.4 is 0 Å². The molecule has 3 rings (SSSR count). The summed E-state index contributed by atoms with van der Waals surface area (Å²) in [7, 11) is 0. The van der Waals surface area contributed by atoms with Crippen molar-refractivity contribution in [2.45, 2.75) is 6.54 Å². The molecule has 0 radical (unpaired) electrons. The van der Waals surface area contributed by atoms with E-state index >= 15 is 0 Å². The van der Waals surface area contributed by atoms with Crippen LogP contribution in [0.2, 0.25) is 0 Å². The number of allylic oxidation sites excluding steroid dienone is 1. The topological polar surface area (TPSA) is 91.2 Å². The first-order valence-electron chi connectivity index (χ1n) is 7.36. The number of carbonyl (C=O) groups is 1. The Kier molecular flexibility index (Phi) is 5.48. The van der Waals surface area contributed by atoms with E-state index in [2.05, 4.69) is 37.0 Å². The third-order valence-electron chi connectivity index (χ3n) is 3.38. The smallest absolute Gasteiger partial charge is 0.404 e. The number of aromatic nitrogens is 2. The summed E-state index contributed by atoms with van der Waals surface area (Å²) in [5.41, 5.74) is 0.566. The average molecular weight is 481 g/mol. The molecule has 0 unspecified atom stereocenters. The van der Waals surface area contributed by atoms with Crippen LogP contribution in [0.5, 0.6) is 0 Å². The summed E-state index contributed by atoms with van der Waals surface area (Å²) >= 11 is 6.43. The summed E-state index contributed by atoms with van der Waals surface area (Å²) in [6.07, 6.45) is 4.51. The number of carbonyl (C=O) groups excluding carboxylic acids is 1. The third kappa shape index (κ3) is 4.36. The van der Waals surface area contributed by atoms with Crippen molar-refractivity contribution in [3.63, 3.8) is 0 Å². The van der Waals surface area contributed by atoms with Crippen molar-refractivity contribution >= 4 is 49.5 Å². The van der Waals surface area contributed by atoms with Crippen LogP contribution in [0.25, 0.3) is 6.08 Å². The lowest BCUT2D eigenvalue weighted by atomic mass is 10.1. The molecule has 26 heavy (non-hydrogen) atoms. The molecule has 0 amide bonds. The third-order valence-corrected chi connectivity index (χ3v) is 4.43. The van der Waals surface area contributed by atoms with Crippen LogP contribution >= 0.6 is 31.9 Å². The summed E-state index contributed by atoms with van der Waals surface area (Å²) in [6, 6.07) is 10.5. The van der Waals surface area contributed by atoms with Crippen molar-refractivity contribution < 1.29 is 14.1 Å². The molecule has 0 atom stereocenters. The molecule has 0 saturated heterocycles. The van der Waals surface area contributed by atoms with Gasteiger partial charge in [0.25, 0.3) is 0 Å². The van der Waals surface area contributed by atoms with Crippen LogP contribution in [0.3, 0.4) is 0 Å². The Bertz CT molecular complexity index is 1010. The van der Waals surface area contributed by atoms with E-state index in [1.54, 1.807) is 36.4 Å². The molecular formula is C17H11Br2N3O4. The SMILES string of the molecule is O=C(/C=C/c1ccc(Cn2cc(Br)c([N+](=O)[O-])n2)o1)c1cccc(Br)c1. The monoisotopic (exact) mass is 479 g/mol. The molecule has 0 aliphatic rings. The van der Waals surface area contributed by atoms with Gasteiger partial charge in [0.05, 0.1) is 11.3 Å². The van der Waals surface area contributed by atoms with E-state index in [1.807, 2.05) is 6.07 Å². The number of furan rings is 1. The molecule has 9 heteroatoms. The maximum atomic E-state index is 12.1. The van der Waals surface area contributed by atoms with Gasteiger partial charge in [-0.1, -0.05) is 28.1 Å². The van der Waals surface area contributed by atoms with Gasteiger partial charge in [0, 0.05) is 10.0 Å². The standard InChI is InChI=1S/C17H11Br2N3O4/c18-12-3-1-2-11(8-12)16(23)7-6-13-4-5-14(26-13)9-21-10-15(19)17(20-21)22(24)25/h1-8,10H,9H2/b7-6+. The summed E-state index contributed by atoms with van der Waals surface area (Å²) in [5, 5.41) is 14.7. The second-order valence-electron chi connectivity index (χ2n) is 5.27. The Labute approximate surface area is 164 Å². The first-order chi connectivity index (χ1) is 12.4. The van der Waals surface area contributed by atoms with E-state index in [1.165, 1.54) is 17.0 Å². The van der Waals surface area contributed by atoms with E-state index in [0.717, 1.165) is 4.47 Å². The van der Waals surface area contributed by atoms with E-state index in [0.29, 0.717) is 21.6 Å². The minimum absolute atomic E-state index is 0.143. The highest BCUT2D eigenvalue weighted by molar-refractivity contribution is 9.10. The van der Waals surface area contributed by atoms with E-state index < -0.39 is 4.92 Å². The van der Waals surface area contributed by atoms with Crippen molar-refractivity contribution in [3.8, 4) is 0 Å². The molecule has 0 saturated carbocycles. The summed E-state index contributed by atoms with van der Waals surface area (Å²) in [4.78, 5) is 22.4. The van der Waals surface area contributed by atoms with Crippen LogP contribution in [0, 0.1) is 10.1 Å². The lowest BCUT2D eigenvalue weighted by molar-refractivity contribution is -0.390. The first kappa shape index (κ1) is 18.3. The Balaban J connectivity index is 1.69. The van der Waals surface area contributed by atoms with Gasteiger partial charge in [0.15, 0.2) is 5.78 Å². The van der Waals surface area contributed by atoms with Gasteiger partial charge in [-0.3, -0.25) is 4.79 Å². The number of nitrogens with zero attached hydrogens (tertiary/aromatic N) is 3. The maximum Gasteiger partial charge on any atom is 0.404 e. The Morgan fingerprint density at radius 2 is 2.12 bits per heavy atom. The van der Waals surface area contributed by atoms with Crippen molar-refractivity contribution in [2.24, 2.45) is 0 Å². The molecule has 0 N–H and O–H groups in total. The van der Waals surface area contributed by atoms with E-state index in [9.17, 15) is 14.9 Å².